The maximum atomic E-state index is 4.48. The largest absolute Gasteiger partial charge is 3.00 e. The molecule has 0 fully saturated rings. The van der Waals surface area contributed by atoms with Gasteiger partial charge in [-0.05, 0) is 71.7 Å². The smallest absolute Gasteiger partial charge is 0.304 e. The molecule has 0 radical (unpaired) electrons. The Balaban J connectivity index is 0.000000142. The number of benzene rings is 4. The van der Waals surface area contributed by atoms with Crippen LogP contribution in [-0.2, 0) is 20.1 Å². The Kier molecular flexibility index (Phi) is 11.5. The van der Waals surface area contributed by atoms with Crippen molar-refractivity contribution in [1.29, 1.82) is 0 Å². The third kappa shape index (κ3) is 8.72. The summed E-state index contributed by atoms with van der Waals surface area (Å²) in [6.45, 7) is 6.04. The number of hydrogen-bond donors (Lipinski definition) is 0. The quantitative estimate of drug-likeness (QED) is 0.167. The summed E-state index contributed by atoms with van der Waals surface area (Å²) in [5.41, 5.74) is 9.36. The third-order valence-electron chi connectivity index (χ3n) is 7.24. The van der Waals surface area contributed by atoms with Crippen LogP contribution < -0.4 is 0 Å². The number of rotatable bonds is 3. The van der Waals surface area contributed by atoms with Crippen molar-refractivity contribution in [2.75, 3.05) is 0 Å². The van der Waals surface area contributed by atoms with Crippen LogP contribution in [0.2, 0.25) is 0 Å². The molecule has 0 aliphatic heterocycles. The third-order valence-corrected chi connectivity index (χ3v) is 8.38. The van der Waals surface area contributed by atoms with E-state index in [0.717, 1.165) is 45.2 Å². The van der Waals surface area contributed by atoms with Gasteiger partial charge in [-0.1, -0.05) is 60.0 Å². The van der Waals surface area contributed by atoms with E-state index in [-0.39, 0.29) is 20.1 Å². The monoisotopic (exact) mass is 803 g/mol. The summed E-state index contributed by atoms with van der Waals surface area (Å²) in [5, 5.41) is 2.59. The second kappa shape index (κ2) is 16.2. The number of pyridine rings is 3. The van der Waals surface area contributed by atoms with Gasteiger partial charge >= 0.3 is 20.1 Å². The predicted molar refractivity (Wildman–Crippen MR) is 193 cm³/mol. The van der Waals surface area contributed by atoms with Crippen LogP contribution in [0.15, 0.2) is 140 Å². The Bertz CT molecular complexity index is 2100. The minimum atomic E-state index is 0. The van der Waals surface area contributed by atoms with E-state index < -0.39 is 0 Å². The Morgan fingerprint density at radius 1 is 0.511 bits per heavy atom. The molecule has 0 amide bonds. The van der Waals surface area contributed by atoms with E-state index in [0.29, 0.717) is 0 Å². The molecule has 0 atom stereocenters. The van der Waals surface area contributed by atoms with Crippen LogP contribution in [0.25, 0.3) is 53.9 Å². The molecule has 0 saturated heterocycles. The molecule has 8 rings (SSSR count). The molecule has 0 bridgehead atoms. The normalized spacial score (nSPS) is 10.3. The summed E-state index contributed by atoms with van der Waals surface area (Å²) in [7, 11) is 0. The number of thiophene rings is 1. The number of aromatic nitrogens is 3. The van der Waals surface area contributed by atoms with Crippen molar-refractivity contribution >= 4 is 31.5 Å². The van der Waals surface area contributed by atoms with E-state index >= 15 is 0 Å². The fourth-order valence-electron chi connectivity index (χ4n) is 4.93. The van der Waals surface area contributed by atoms with Gasteiger partial charge in [0.25, 0.3) is 0 Å². The van der Waals surface area contributed by atoms with Gasteiger partial charge in [-0.15, -0.1) is 95.6 Å². The fourth-order valence-corrected chi connectivity index (χ4v) is 6.06. The summed E-state index contributed by atoms with van der Waals surface area (Å²) < 4.78 is 2.62. The zero-order valence-corrected chi connectivity index (χ0v) is 29.6. The first-order valence-corrected chi connectivity index (χ1v) is 15.9. The van der Waals surface area contributed by atoms with Gasteiger partial charge in [0.15, 0.2) is 0 Å². The van der Waals surface area contributed by atoms with Gasteiger partial charge < -0.3 is 15.0 Å². The van der Waals surface area contributed by atoms with E-state index in [1.54, 1.807) is 0 Å². The van der Waals surface area contributed by atoms with Gasteiger partial charge in [0.05, 0.1) is 0 Å². The molecule has 4 heterocycles. The Morgan fingerprint density at radius 2 is 1.13 bits per heavy atom. The first kappa shape index (κ1) is 33.6. The Labute approximate surface area is 294 Å². The molecule has 3 nitrogen and oxygen atoms in total. The number of nitrogens with zero attached hydrogens (tertiary/aromatic N) is 3. The molecular weight excluding hydrogens is 771 g/mol. The second-order valence-electron chi connectivity index (χ2n) is 10.8. The van der Waals surface area contributed by atoms with Crippen LogP contribution in [0.3, 0.4) is 0 Å². The summed E-state index contributed by atoms with van der Waals surface area (Å²) in [6.07, 6.45) is 1.90. The van der Waals surface area contributed by atoms with Gasteiger partial charge in [-0.3, -0.25) is 0 Å². The SMILES string of the molecule is Cc1ccc(-c2[c-]cc3c(c2)sc2ccccc23)nc1.Cc1cccc(-c2[c-]cccc2)n1.Cc1cccc(-c2[c-]cccc2)n1.[Ir+3]. The van der Waals surface area contributed by atoms with Crippen molar-refractivity contribution in [2.24, 2.45) is 0 Å². The molecular formula is C42H32IrN3S. The zero-order valence-electron chi connectivity index (χ0n) is 26.4. The van der Waals surface area contributed by atoms with Gasteiger partial charge in [0.1, 0.15) is 0 Å². The predicted octanol–water partition coefficient (Wildman–Crippen LogP) is 10.9. The van der Waals surface area contributed by atoms with E-state index in [4.69, 9.17) is 0 Å². The Morgan fingerprint density at radius 3 is 1.68 bits per heavy atom. The average molecular weight is 803 g/mol. The maximum absolute atomic E-state index is 4.48. The van der Waals surface area contributed by atoms with Crippen molar-refractivity contribution in [3.8, 4) is 33.8 Å². The first-order valence-electron chi connectivity index (χ1n) is 15.1. The van der Waals surface area contributed by atoms with Crippen LogP contribution in [0.1, 0.15) is 17.0 Å². The molecule has 5 heteroatoms. The van der Waals surface area contributed by atoms with Crippen molar-refractivity contribution in [3.63, 3.8) is 0 Å². The van der Waals surface area contributed by atoms with Gasteiger partial charge in [0, 0.05) is 22.3 Å². The molecule has 4 aromatic heterocycles. The van der Waals surface area contributed by atoms with E-state index in [1.807, 2.05) is 116 Å². The minimum Gasteiger partial charge on any atom is -0.304 e. The molecule has 0 unspecified atom stereocenters. The molecule has 0 saturated carbocycles. The molecule has 0 aliphatic carbocycles. The molecule has 8 aromatic rings. The Hall–Kier alpha value is -4.80. The van der Waals surface area contributed by atoms with Gasteiger partial charge in [-0.25, -0.2) is 0 Å². The maximum Gasteiger partial charge on any atom is 3.00 e. The van der Waals surface area contributed by atoms with Crippen molar-refractivity contribution in [1.82, 2.24) is 15.0 Å². The summed E-state index contributed by atoms with van der Waals surface area (Å²) in [6, 6.07) is 54.4. The van der Waals surface area contributed by atoms with Crippen LogP contribution in [0.4, 0.5) is 0 Å². The van der Waals surface area contributed by atoms with Crippen LogP contribution in [0, 0.1) is 39.0 Å². The van der Waals surface area contributed by atoms with Crippen molar-refractivity contribution in [3.05, 3.63) is 175 Å². The summed E-state index contributed by atoms with van der Waals surface area (Å²) in [4.78, 5) is 13.3. The van der Waals surface area contributed by atoms with E-state index in [1.165, 1.54) is 25.7 Å². The van der Waals surface area contributed by atoms with Crippen molar-refractivity contribution < 1.29 is 20.1 Å². The molecule has 47 heavy (non-hydrogen) atoms. The van der Waals surface area contributed by atoms with Crippen LogP contribution in [0.5, 0.6) is 0 Å². The zero-order chi connectivity index (χ0) is 31.7. The average Bonchev–Trinajstić information content (AvgIpc) is 3.48. The van der Waals surface area contributed by atoms with Gasteiger partial charge in [0.2, 0.25) is 0 Å². The van der Waals surface area contributed by atoms with Crippen LogP contribution in [-0.4, -0.2) is 15.0 Å². The van der Waals surface area contributed by atoms with Gasteiger partial charge in [-0.2, -0.15) is 11.3 Å². The van der Waals surface area contributed by atoms with Crippen molar-refractivity contribution in [2.45, 2.75) is 20.8 Å². The minimum absolute atomic E-state index is 0. The molecule has 0 spiro atoms. The number of aryl methyl sites for hydroxylation is 3. The second-order valence-corrected chi connectivity index (χ2v) is 11.9. The standard InChI is InChI=1S/C18H12NS.2C12H10N.Ir/c1-12-6-9-16(19-11-12)13-7-8-15-14-4-2-3-5-17(14)20-18(15)10-13;2*1-10-6-5-9-12(13-10)11-7-3-2-4-8-11;/h2-6,8-11H,1H3;2*2-7,9H,1H3;/q3*-1;+3. The fraction of sp³-hybridized carbons (Fsp3) is 0.0714. The number of fused-ring (bicyclic) bond motifs is 3. The summed E-state index contributed by atoms with van der Waals surface area (Å²) >= 11 is 1.83. The van der Waals surface area contributed by atoms with E-state index in [2.05, 4.69) is 88.6 Å². The molecule has 4 aromatic carbocycles. The first-order chi connectivity index (χ1) is 22.5. The van der Waals surface area contributed by atoms with Crippen LogP contribution >= 0.6 is 11.3 Å². The molecule has 0 aliphatic rings. The number of hydrogen-bond acceptors (Lipinski definition) is 4. The topological polar surface area (TPSA) is 38.7 Å². The summed E-state index contributed by atoms with van der Waals surface area (Å²) in [5.74, 6) is 0. The molecule has 0 N–H and O–H groups in total. The molecule has 230 valence electrons. The van der Waals surface area contributed by atoms with E-state index in [9.17, 15) is 0 Å².